The van der Waals surface area contributed by atoms with Gasteiger partial charge in [0.25, 0.3) is 0 Å². The highest BCUT2D eigenvalue weighted by Crippen LogP contribution is 2.38. The predicted molar refractivity (Wildman–Crippen MR) is 69.8 cm³/mol. The number of pyridine rings is 1. The molecule has 0 spiro atoms. The molecule has 0 saturated carbocycles. The molecule has 2 aromatic rings. The van der Waals surface area contributed by atoms with Crippen LogP contribution in [0.1, 0.15) is 11.3 Å². The molecule has 1 aromatic heterocycles. The Morgan fingerprint density at radius 2 is 1.86 bits per heavy atom. The number of nitrogens with two attached hydrogens (primary N) is 1. The smallest absolute Gasteiger partial charge is 0.434 e. The Kier molecular flexibility index (Phi) is 4.15. The lowest BCUT2D eigenvalue weighted by Crippen LogP contribution is -2.11. The number of aromatic nitrogens is 1. The van der Waals surface area contributed by atoms with Crippen LogP contribution in [0.2, 0.25) is 5.02 Å². The standard InChI is InChI=1S/C13H8ClF5N2O/c1-5-9(3-2-7(15)10(5)16)22-12-8(20)4-6(14)11(21-12)13(17,18)19/h2-4H,20H2,1H3. The van der Waals surface area contributed by atoms with Crippen molar-refractivity contribution in [3.8, 4) is 11.6 Å². The van der Waals surface area contributed by atoms with Crippen molar-refractivity contribution in [2.24, 2.45) is 0 Å². The molecule has 22 heavy (non-hydrogen) atoms. The van der Waals surface area contributed by atoms with Crippen LogP contribution in [0.4, 0.5) is 27.6 Å². The number of benzene rings is 1. The van der Waals surface area contributed by atoms with Gasteiger partial charge in [-0.15, -0.1) is 0 Å². The van der Waals surface area contributed by atoms with Crippen LogP contribution in [-0.4, -0.2) is 4.98 Å². The zero-order valence-corrected chi connectivity index (χ0v) is 11.7. The fourth-order valence-electron chi connectivity index (χ4n) is 1.62. The quantitative estimate of drug-likeness (QED) is 0.806. The summed E-state index contributed by atoms with van der Waals surface area (Å²) in [6.07, 6.45) is -4.81. The molecule has 1 aromatic carbocycles. The van der Waals surface area contributed by atoms with E-state index in [1.54, 1.807) is 0 Å². The lowest BCUT2D eigenvalue weighted by molar-refractivity contribution is -0.141. The van der Waals surface area contributed by atoms with Gasteiger partial charge in [0, 0.05) is 5.56 Å². The zero-order chi connectivity index (χ0) is 16.7. The van der Waals surface area contributed by atoms with Gasteiger partial charge in [0.1, 0.15) is 5.75 Å². The van der Waals surface area contributed by atoms with E-state index in [1.165, 1.54) is 6.92 Å². The SMILES string of the molecule is Cc1c(Oc2nc(C(F)(F)F)c(Cl)cc2N)ccc(F)c1F. The Balaban J connectivity index is 2.49. The summed E-state index contributed by atoms with van der Waals surface area (Å²) in [5.74, 6) is -3.11. The van der Waals surface area contributed by atoms with Crippen molar-refractivity contribution in [3.05, 3.63) is 46.1 Å². The van der Waals surface area contributed by atoms with Gasteiger partial charge in [0.05, 0.1) is 10.7 Å². The van der Waals surface area contributed by atoms with Crippen molar-refractivity contribution >= 4 is 17.3 Å². The predicted octanol–water partition coefficient (Wildman–Crippen LogP) is 4.71. The molecule has 0 saturated heterocycles. The number of hydrogen-bond donors (Lipinski definition) is 1. The Morgan fingerprint density at radius 1 is 1.23 bits per heavy atom. The molecule has 1 heterocycles. The molecular formula is C13H8ClF5N2O. The normalized spacial score (nSPS) is 11.6. The number of nitrogen functional groups attached to an aromatic ring is 1. The van der Waals surface area contributed by atoms with Crippen LogP contribution >= 0.6 is 11.6 Å². The van der Waals surface area contributed by atoms with Crippen molar-refractivity contribution in [3.63, 3.8) is 0 Å². The topological polar surface area (TPSA) is 48.1 Å². The van der Waals surface area contributed by atoms with Crippen LogP contribution < -0.4 is 10.5 Å². The van der Waals surface area contributed by atoms with Gasteiger partial charge < -0.3 is 10.5 Å². The molecule has 0 bridgehead atoms. The van der Waals surface area contributed by atoms with E-state index >= 15 is 0 Å². The second-order valence-electron chi connectivity index (χ2n) is 4.30. The Labute approximate surface area is 126 Å². The third-order valence-electron chi connectivity index (χ3n) is 2.73. The van der Waals surface area contributed by atoms with Gasteiger partial charge in [0.15, 0.2) is 17.3 Å². The summed E-state index contributed by atoms with van der Waals surface area (Å²) >= 11 is 5.44. The second-order valence-corrected chi connectivity index (χ2v) is 4.70. The molecule has 0 amide bonds. The van der Waals surface area contributed by atoms with Crippen LogP contribution in [0.25, 0.3) is 0 Å². The van der Waals surface area contributed by atoms with Gasteiger partial charge in [-0.05, 0) is 25.1 Å². The molecule has 0 radical (unpaired) electrons. The number of hydrogen-bond acceptors (Lipinski definition) is 3. The van der Waals surface area contributed by atoms with Crippen LogP contribution in [0.3, 0.4) is 0 Å². The summed E-state index contributed by atoms with van der Waals surface area (Å²) < 4.78 is 69.7. The lowest BCUT2D eigenvalue weighted by atomic mass is 10.2. The summed E-state index contributed by atoms with van der Waals surface area (Å²) in [5, 5.41) is -0.695. The maximum Gasteiger partial charge on any atom is 0.434 e. The van der Waals surface area contributed by atoms with Crippen molar-refractivity contribution < 1.29 is 26.7 Å². The van der Waals surface area contributed by atoms with Crippen molar-refractivity contribution in [2.45, 2.75) is 13.1 Å². The number of nitrogens with zero attached hydrogens (tertiary/aromatic N) is 1. The largest absolute Gasteiger partial charge is 0.437 e. The first-order valence-corrected chi connectivity index (χ1v) is 6.14. The molecule has 118 valence electrons. The molecular weight excluding hydrogens is 331 g/mol. The molecule has 3 nitrogen and oxygen atoms in total. The molecule has 0 aliphatic rings. The summed E-state index contributed by atoms with van der Waals surface area (Å²) in [4.78, 5) is 3.21. The number of rotatable bonds is 2. The van der Waals surface area contributed by atoms with Crippen LogP contribution in [0.15, 0.2) is 18.2 Å². The number of anilines is 1. The molecule has 2 rings (SSSR count). The van der Waals surface area contributed by atoms with Gasteiger partial charge in [-0.25, -0.2) is 13.8 Å². The average molecular weight is 339 g/mol. The Hall–Kier alpha value is -2.09. The van der Waals surface area contributed by atoms with E-state index in [-0.39, 0.29) is 17.0 Å². The highest BCUT2D eigenvalue weighted by atomic mass is 35.5. The van der Waals surface area contributed by atoms with E-state index in [2.05, 4.69) is 4.98 Å². The van der Waals surface area contributed by atoms with Gasteiger partial charge in [-0.2, -0.15) is 13.2 Å². The monoisotopic (exact) mass is 338 g/mol. The molecule has 0 atom stereocenters. The third kappa shape index (κ3) is 3.06. The van der Waals surface area contributed by atoms with Crippen LogP contribution in [0, 0.1) is 18.6 Å². The molecule has 0 unspecified atom stereocenters. The number of halogens is 6. The van der Waals surface area contributed by atoms with Crippen molar-refractivity contribution in [1.82, 2.24) is 4.98 Å². The molecule has 9 heteroatoms. The van der Waals surface area contributed by atoms with Crippen molar-refractivity contribution in [1.29, 1.82) is 0 Å². The third-order valence-corrected chi connectivity index (χ3v) is 3.02. The van der Waals surface area contributed by atoms with Gasteiger partial charge >= 0.3 is 6.18 Å². The lowest BCUT2D eigenvalue weighted by Gasteiger charge is -2.14. The van der Waals surface area contributed by atoms with E-state index in [9.17, 15) is 22.0 Å². The summed E-state index contributed by atoms with van der Waals surface area (Å²) in [6, 6.07) is 2.65. The highest BCUT2D eigenvalue weighted by Gasteiger charge is 2.36. The fraction of sp³-hybridized carbons (Fsp3) is 0.154. The van der Waals surface area contributed by atoms with E-state index < -0.39 is 34.4 Å². The van der Waals surface area contributed by atoms with Crippen molar-refractivity contribution in [2.75, 3.05) is 5.73 Å². The Morgan fingerprint density at radius 3 is 2.45 bits per heavy atom. The molecule has 0 aliphatic carbocycles. The molecule has 2 N–H and O–H groups in total. The van der Waals surface area contributed by atoms with Gasteiger partial charge in [0.2, 0.25) is 5.88 Å². The zero-order valence-electron chi connectivity index (χ0n) is 10.9. The minimum atomic E-state index is -4.81. The maximum absolute atomic E-state index is 13.4. The first-order valence-electron chi connectivity index (χ1n) is 5.77. The van der Waals surface area contributed by atoms with Gasteiger partial charge in [-0.1, -0.05) is 11.6 Å². The maximum atomic E-state index is 13.4. The fourth-order valence-corrected chi connectivity index (χ4v) is 1.88. The van der Waals surface area contributed by atoms with E-state index in [0.29, 0.717) is 0 Å². The highest BCUT2D eigenvalue weighted by molar-refractivity contribution is 6.31. The first-order chi connectivity index (χ1) is 10.1. The van der Waals surface area contributed by atoms with E-state index in [4.69, 9.17) is 22.1 Å². The van der Waals surface area contributed by atoms with Gasteiger partial charge in [-0.3, -0.25) is 0 Å². The van der Waals surface area contributed by atoms with Crippen LogP contribution in [-0.2, 0) is 6.18 Å². The molecule has 0 aliphatic heterocycles. The number of alkyl halides is 3. The first kappa shape index (κ1) is 16.3. The molecule has 0 fully saturated rings. The Bertz CT molecular complexity index is 733. The number of ether oxygens (including phenoxy) is 1. The van der Waals surface area contributed by atoms with E-state index in [1.807, 2.05) is 0 Å². The second kappa shape index (κ2) is 5.60. The van der Waals surface area contributed by atoms with E-state index in [0.717, 1.165) is 18.2 Å². The average Bonchev–Trinajstić information content (AvgIpc) is 2.40. The van der Waals surface area contributed by atoms with Crippen LogP contribution in [0.5, 0.6) is 11.6 Å². The summed E-state index contributed by atoms with van der Waals surface area (Å²) in [6.45, 7) is 1.20. The summed E-state index contributed by atoms with van der Waals surface area (Å²) in [7, 11) is 0. The minimum Gasteiger partial charge on any atom is -0.437 e. The summed E-state index contributed by atoms with van der Waals surface area (Å²) in [5.41, 5.74) is 3.59. The minimum absolute atomic E-state index is 0.214.